The van der Waals surface area contributed by atoms with Crippen LogP contribution in [0.5, 0.6) is 11.5 Å². The Morgan fingerprint density at radius 2 is 1.51 bits per heavy atom. The van der Waals surface area contributed by atoms with E-state index < -0.39 is 58.5 Å². The molecule has 2 heterocycles. The van der Waals surface area contributed by atoms with Gasteiger partial charge in [0.05, 0.1) is 41.7 Å². The van der Waals surface area contributed by atoms with Crippen LogP contribution in [0.4, 0.5) is 15.8 Å². The molecule has 0 unspecified atom stereocenters. The molecule has 1 saturated carbocycles. The molecule has 9 nitrogen and oxygen atoms in total. The van der Waals surface area contributed by atoms with Crippen LogP contribution in [0.25, 0.3) is 0 Å². The third-order valence-corrected chi connectivity index (χ3v) is 11.4. The first-order valence-electron chi connectivity index (χ1n) is 16.4. The van der Waals surface area contributed by atoms with Crippen molar-refractivity contribution in [1.82, 2.24) is 5.01 Å². The molecule has 4 amide bonds. The minimum atomic E-state index is -1.67. The van der Waals surface area contributed by atoms with E-state index in [1.54, 1.807) is 60.7 Å². The molecule has 2 N–H and O–H groups in total. The number of hydrogen-bond acceptors (Lipinski definition) is 7. The van der Waals surface area contributed by atoms with Crippen molar-refractivity contribution < 1.29 is 33.4 Å². The molecule has 12 heteroatoms. The van der Waals surface area contributed by atoms with Gasteiger partial charge in [0.15, 0.2) is 0 Å². The van der Waals surface area contributed by atoms with Crippen LogP contribution >= 0.6 is 23.2 Å². The molecular formula is C39H30Cl2FN3O6. The zero-order valence-corrected chi connectivity index (χ0v) is 28.6. The molecule has 4 aromatic carbocycles. The lowest BCUT2D eigenvalue weighted by Gasteiger charge is -2.50. The number of aromatic hydroxyl groups is 1. The summed E-state index contributed by atoms with van der Waals surface area (Å²) in [4.78, 5) is 59.6. The van der Waals surface area contributed by atoms with E-state index in [9.17, 15) is 23.9 Å². The molecule has 51 heavy (non-hydrogen) atoms. The highest BCUT2D eigenvalue weighted by Crippen LogP contribution is 2.66. The summed E-state index contributed by atoms with van der Waals surface area (Å²) < 4.78 is 19.7. The van der Waals surface area contributed by atoms with Crippen molar-refractivity contribution in [3.05, 3.63) is 130 Å². The number of amides is 4. The molecule has 2 aliphatic carbocycles. The number of nitrogens with one attached hydrogen (secondary N) is 1. The maximum absolute atomic E-state index is 15.3. The number of carbonyl (C=O) groups is 4. The maximum atomic E-state index is 15.3. The van der Waals surface area contributed by atoms with E-state index in [0.29, 0.717) is 32.6 Å². The lowest BCUT2D eigenvalue weighted by atomic mass is 9.49. The predicted molar refractivity (Wildman–Crippen MR) is 188 cm³/mol. The van der Waals surface area contributed by atoms with Crippen LogP contribution in [0.2, 0.25) is 10.0 Å². The van der Waals surface area contributed by atoms with Crippen LogP contribution in [-0.2, 0) is 24.6 Å². The smallest absolute Gasteiger partial charge is 0.260 e. The van der Waals surface area contributed by atoms with Gasteiger partial charge in [-0.15, -0.1) is 0 Å². The average molecular weight is 727 g/mol. The second-order valence-electron chi connectivity index (χ2n) is 13.3. The van der Waals surface area contributed by atoms with Gasteiger partial charge in [0.2, 0.25) is 11.8 Å². The Labute approximate surface area is 302 Å². The van der Waals surface area contributed by atoms with Gasteiger partial charge >= 0.3 is 0 Å². The molecule has 2 aliphatic heterocycles. The van der Waals surface area contributed by atoms with E-state index in [1.165, 1.54) is 42.3 Å². The Hall–Kier alpha value is -5.19. The number of methoxy groups -OCH3 is 1. The zero-order valence-electron chi connectivity index (χ0n) is 27.1. The van der Waals surface area contributed by atoms with E-state index in [0.717, 1.165) is 5.01 Å². The highest BCUT2D eigenvalue weighted by molar-refractivity contribution is 6.31. The standard InChI is InChI=1S/C39H30Cl2FN3O6/c1-51-31-4-2-3-30(46)33(31)34-26-17-18-27-32(37(49)44(35(27)47)25-15-9-22(41)10-16-25)28(26)19-29-36(48)45(43-24-13-11-23(42)12-14-24)38(50)39(29,34)20-5-7-21(40)8-6-20/h2-17,27-29,32,34,43,46H,18-19H2,1H3/t27-,28+,29-,32-,34+,39+/m0/s1. The van der Waals surface area contributed by atoms with Crippen LogP contribution in [0, 0.1) is 29.5 Å². The fourth-order valence-electron chi connectivity index (χ4n) is 8.81. The van der Waals surface area contributed by atoms with Crippen LogP contribution in [0.3, 0.4) is 0 Å². The summed E-state index contributed by atoms with van der Waals surface area (Å²) in [6.07, 6.45) is 2.13. The molecule has 2 saturated heterocycles. The number of anilines is 2. The summed E-state index contributed by atoms with van der Waals surface area (Å²) in [5.74, 6) is -6.68. The number of hydrazine groups is 1. The van der Waals surface area contributed by atoms with Gasteiger partial charge in [0.25, 0.3) is 11.8 Å². The van der Waals surface area contributed by atoms with Crippen molar-refractivity contribution in [2.24, 2.45) is 23.7 Å². The Kier molecular flexibility index (Phi) is 7.92. The van der Waals surface area contributed by atoms with Gasteiger partial charge in [-0.25, -0.2) is 4.39 Å². The largest absolute Gasteiger partial charge is 0.508 e. The molecular weight excluding hydrogens is 696 g/mol. The second kappa shape index (κ2) is 12.2. The number of nitrogens with zero attached hydrogens (tertiary/aromatic N) is 2. The quantitative estimate of drug-likeness (QED) is 0.162. The Morgan fingerprint density at radius 3 is 2.18 bits per heavy atom. The lowest BCUT2D eigenvalue weighted by molar-refractivity contribution is -0.138. The number of phenols is 1. The van der Waals surface area contributed by atoms with E-state index in [2.05, 4.69) is 5.43 Å². The number of ether oxygens (including phenoxy) is 1. The molecule has 0 aromatic heterocycles. The first-order valence-corrected chi connectivity index (χ1v) is 17.2. The highest BCUT2D eigenvalue weighted by Gasteiger charge is 2.71. The number of phenolic OH excluding ortho intramolecular Hbond substituents is 1. The molecule has 3 fully saturated rings. The number of fused-ring (bicyclic) bond motifs is 4. The fraction of sp³-hybridized carbons (Fsp3) is 0.231. The number of allylic oxidation sites excluding steroid dienone is 2. The summed E-state index contributed by atoms with van der Waals surface area (Å²) >= 11 is 12.5. The third-order valence-electron chi connectivity index (χ3n) is 10.9. The van der Waals surface area contributed by atoms with Crippen LogP contribution in [-0.4, -0.2) is 40.9 Å². The van der Waals surface area contributed by atoms with Gasteiger partial charge < -0.3 is 9.84 Å². The summed E-state index contributed by atoms with van der Waals surface area (Å²) in [5, 5.41) is 13.4. The van der Waals surface area contributed by atoms with Gasteiger partial charge in [-0.3, -0.25) is 29.5 Å². The number of imide groups is 2. The predicted octanol–water partition coefficient (Wildman–Crippen LogP) is 7.04. The topological polar surface area (TPSA) is 116 Å². The number of halogens is 3. The minimum Gasteiger partial charge on any atom is -0.508 e. The van der Waals surface area contributed by atoms with Crippen molar-refractivity contribution in [2.45, 2.75) is 24.2 Å². The fourth-order valence-corrected chi connectivity index (χ4v) is 9.07. The van der Waals surface area contributed by atoms with Crippen molar-refractivity contribution in [3.8, 4) is 11.5 Å². The summed E-state index contributed by atoms with van der Waals surface area (Å²) in [6.45, 7) is 0. The van der Waals surface area contributed by atoms with Crippen molar-refractivity contribution >= 4 is 58.2 Å². The zero-order chi connectivity index (χ0) is 35.8. The van der Waals surface area contributed by atoms with Gasteiger partial charge in [-0.05, 0) is 97.1 Å². The Morgan fingerprint density at radius 1 is 0.843 bits per heavy atom. The van der Waals surface area contributed by atoms with Crippen LogP contribution in [0.15, 0.2) is 103 Å². The van der Waals surface area contributed by atoms with E-state index >= 15 is 4.79 Å². The SMILES string of the molecule is COc1cccc(O)c1[C@H]1C2=CC[C@@H]3C(=O)N(c4ccc(Cl)cc4)C(=O)[C@@H]3[C@@H]2C[C@H]2C(=O)N(Nc3ccc(F)cc3)C(=O)[C@@]12c1ccc(Cl)cc1. The van der Waals surface area contributed by atoms with Gasteiger partial charge in [0.1, 0.15) is 17.3 Å². The van der Waals surface area contributed by atoms with Gasteiger partial charge in [-0.1, -0.05) is 53.1 Å². The molecule has 4 aliphatic rings. The monoisotopic (exact) mass is 725 g/mol. The number of carbonyl (C=O) groups excluding carboxylic acids is 4. The number of rotatable bonds is 6. The maximum Gasteiger partial charge on any atom is 0.260 e. The molecule has 4 aromatic rings. The first-order chi connectivity index (χ1) is 24.6. The summed E-state index contributed by atoms with van der Waals surface area (Å²) in [6, 6.07) is 23.1. The summed E-state index contributed by atoms with van der Waals surface area (Å²) in [5.41, 5.74) is 3.30. The van der Waals surface area contributed by atoms with E-state index in [1.807, 2.05) is 6.08 Å². The van der Waals surface area contributed by atoms with Crippen molar-refractivity contribution in [2.75, 3.05) is 17.4 Å². The number of benzene rings is 4. The normalized spacial score (nSPS) is 26.8. The van der Waals surface area contributed by atoms with Crippen molar-refractivity contribution in [3.63, 3.8) is 0 Å². The third kappa shape index (κ3) is 4.87. The van der Waals surface area contributed by atoms with Crippen LogP contribution in [0.1, 0.15) is 29.9 Å². The highest BCUT2D eigenvalue weighted by atomic mass is 35.5. The molecule has 0 spiro atoms. The van der Waals surface area contributed by atoms with E-state index in [4.69, 9.17) is 27.9 Å². The molecule has 6 atom stereocenters. The molecule has 0 bridgehead atoms. The molecule has 0 radical (unpaired) electrons. The molecule has 258 valence electrons. The van der Waals surface area contributed by atoms with E-state index in [-0.39, 0.29) is 35.8 Å². The van der Waals surface area contributed by atoms with Crippen LogP contribution < -0.4 is 15.1 Å². The van der Waals surface area contributed by atoms with Crippen molar-refractivity contribution in [1.29, 1.82) is 0 Å². The number of hydrogen-bond donors (Lipinski definition) is 2. The van der Waals surface area contributed by atoms with Gasteiger partial charge in [0, 0.05) is 21.5 Å². The Balaban J connectivity index is 1.35. The molecule has 8 rings (SSSR count). The summed E-state index contributed by atoms with van der Waals surface area (Å²) in [7, 11) is 1.45. The lowest BCUT2D eigenvalue weighted by Crippen LogP contribution is -2.53. The van der Waals surface area contributed by atoms with Gasteiger partial charge in [-0.2, -0.15) is 5.01 Å². The Bertz CT molecular complexity index is 2140. The second-order valence-corrected chi connectivity index (χ2v) is 14.1. The first kappa shape index (κ1) is 33.0. The average Bonchev–Trinajstić information content (AvgIpc) is 3.50. The minimum absolute atomic E-state index is 0.0433.